The van der Waals surface area contributed by atoms with E-state index in [1.54, 1.807) is 11.4 Å². The third kappa shape index (κ3) is 5.09. The summed E-state index contributed by atoms with van der Waals surface area (Å²) in [5.41, 5.74) is 3.58. The van der Waals surface area contributed by atoms with Crippen molar-refractivity contribution in [2.75, 3.05) is 6.61 Å². The van der Waals surface area contributed by atoms with E-state index in [-0.39, 0.29) is 0 Å². The normalized spacial score (nSPS) is 16.8. The molecule has 110 valence electrons. The van der Waals surface area contributed by atoms with E-state index in [0.29, 0.717) is 6.61 Å². The van der Waals surface area contributed by atoms with Crippen LogP contribution in [0.1, 0.15) is 13.3 Å². The molecular formula is C15H24O3Si2. The molecule has 0 heterocycles. The summed E-state index contributed by atoms with van der Waals surface area (Å²) in [4.78, 5) is 0. The number of rotatable bonds is 9. The second kappa shape index (κ2) is 7.59. The second-order valence-electron chi connectivity index (χ2n) is 4.81. The Morgan fingerprint density at radius 2 is 1.65 bits per heavy atom. The first-order valence-electron chi connectivity index (χ1n) is 6.82. The Kier molecular flexibility index (Phi) is 6.41. The molecule has 2 unspecified atom stereocenters. The molecule has 0 aromatic heterocycles. The lowest BCUT2D eigenvalue weighted by Crippen LogP contribution is -2.52. The molecule has 0 radical (unpaired) electrons. The summed E-state index contributed by atoms with van der Waals surface area (Å²) in [5, 5.41) is 0. The maximum Gasteiger partial charge on any atom is 0.413 e. The molecule has 5 heteroatoms. The Labute approximate surface area is 124 Å². The van der Waals surface area contributed by atoms with E-state index in [4.69, 9.17) is 13.0 Å². The van der Waals surface area contributed by atoms with Crippen LogP contribution in [-0.4, -0.2) is 23.7 Å². The Morgan fingerprint density at radius 1 is 1.05 bits per heavy atom. The average Bonchev–Trinajstić information content (AvgIpc) is 2.46. The minimum absolute atomic E-state index is 0.668. The van der Waals surface area contributed by atoms with Gasteiger partial charge in [0.25, 0.3) is 0 Å². The van der Waals surface area contributed by atoms with Gasteiger partial charge >= 0.3 is 17.1 Å². The second-order valence-corrected chi connectivity index (χ2v) is 11.0. The zero-order chi connectivity index (χ0) is 15.1. The van der Waals surface area contributed by atoms with Gasteiger partial charge in [0.2, 0.25) is 0 Å². The van der Waals surface area contributed by atoms with E-state index in [2.05, 4.69) is 20.1 Å². The molecule has 0 bridgehead atoms. The van der Waals surface area contributed by atoms with Crippen molar-refractivity contribution in [3.63, 3.8) is 0 Å². The molecule has 0 spiro atoms. The molecule has 20 heavy (non-hydrogen) atoms. The average molecular weight is 309 g/mol. The lowest BCUT2D eigenvalue weighted by atomic mass is 10.3. The first-order chi connectivity index (χ1) is 9.47. The summed E-state index contributed by atoms with van der Waals surface area (Å²) in [6.07, 6.45) is 0.950. The van der Waals surface area contributed by atoms with Crippen LogP contribution >= 0.6 is 0 Å². The molecule has 1 aromatic rings. The molecule has 0 aliphatic rings. The van der Waals surface area contributed by atoms with Crippen LogP contribution in [-0.2, 0) is 8.54 Å². The SMILES string of the molecule is C=C[Si](C)(OCCC)O[Si](C)(C=C)Oc1ccccc1. The predicted octanol–water partition coefficient (Wildman–Crippen LogP) is 4.10. The first-order valence-corrected chi connectivity index (χ1v) is 11.6. The highest BCUT2D eigenvalue weighted by molar-refractivity contribution is 6.85. The Morgan fingerprint density at radius 3 is 2.15 bits per heavy atom. The Hall–Kier alpha value is -1.15. The molecule has 0 aliphatic carbocycles. The van der Waals surface area contributed by atoms with Gasteiger partial charge in [-0.2, -0.15) is 0 Å². The van der Waals surface area contributed by atoms with Crippen molar-refractivity contribution in [2.24, 2.45) is 0 Å². The van der Waals surface area contributed by atoms with Crippen LogP contribution in [0.25, 0.3) is 0 Å². The van der Waals surface area contributed by atoms with Crippen molar-refractivity contribution in [3.05, 3.63) is 54.9 Å². The molecule has 1 rings (SSSR count). The summed E-state index contributed by atoms with van der Waals surface area (Å²) in [7, 11) is -4.97. The fraction of sp³-hybridized carbons (Fsp3) is 0.333. The van der Waals surface area contributed by atoms with Gasteiger partial charge in [0.1, 0.15) is 5.75 Å². The van der Waals surface area contributed by atoms with Crippen LogP contribution in [0.2, 0.25) is 13.1 Å². The maximum absolute atomic E-state index is 6.23. The van der Waals surface area contributed by atoms with Crippen LogP contribution in [0, 0.1) is 0 Å². The molecule has 0 fully saturated rings. The van der Waals surface area contributed by atoms with Gasteiger partial charge in [0, 0.05) is 6.61 Å². The van der Waals surface area contributed by atoms with Crippen molar-refractivity contribution in [3.8, 4) is 5.75 Å². The first kappa shape index (κ1) is 16.9. The topological polar surface area (TPSA) is 27.7 Å². The van der Waals surface area contributed by atoms with E-state index in [1.807, 2.05) is 43.4 Å². The molecular weight excluding hydrogens is 284 g/mol. The molecule has 2 atom stereocenters. The van der Waals surface area contributed by atoms with E-state index in [0.717, 1.165) is 12.2 Å². The van der Waals surface area contributed by atoms with Crippen LogP contribution in [0.4, 0.5) is 0 Å². The summed E-state index contributed by atoms with van der Waals surface area (Å²) in [5.74, 6) is 0.789. The van der Waals surface area contributed by atoms with Crippen molar-refractivity contribution >= 4 is 17.1 Å². The monoisotopic (exact) mass is 308 g/mol. The van der Waals surface area contributed by atoms with Gasteiger partial charge in [-0.15, -0.1) is 13.2 Å². The summed E-state index contributed by atoms with van der Waals surface area (Å²) in [6.45, 7) is 14.4. The molecule has 0 saturated carbocycles. The Bertz CT molecular complexity index is 438. The summed E-state index contributed by atoms with van der Waals surface area (Å²) in [6, 6.07) is 9.65. The zero-order valence-corrected chi connectivity index (χ0v) is 14.6. The standard InChI is InChI=1S/C15H24O3Si2/c1-6-14-16-19(4,7-2)18-20(5,8-3)17-15-12-10-9-11-13-15/h7-13H,2-3,6,14H2,1,4-5H3. The van der Waals surface area contributed by atoms with Gasteiger partial charge in [0.05, 0.1) is 0 Å². The third-order valence-electron chi connectivity index (χ3n) is 2.80. The largest absolute Gasteiger partial charge is 0.518 e. The summed E-state index contributed by atoms with van der Waals surface area (Å²) >= 11 is 0. The summed E-state index contributed by atoms with van der Waals surface area (Å²) < 4.78 is 18.1. The minimum atomic E-state index is -2.54. The van der Waals surface area contributed by atoms with Crippen molar-refractivity contribution in [2.45, 2.75) is 26.4 Å². The number of hydrogen-bond acceptors (Lipinski definition) is 3. The quantitative estimate of drug-likeness (QED) is 0.643. The van der Waals surface area contributed by atoms with Gasteiger partial charge in [0.15, 0.2) is 0 Å². The molecule has 0 saturated heterocycles. The van der Waals surface area contributed by atoms with Gasteiger partial charge in [-0.25, -0.2) is 0 Å². The highest BCUT2D eigenvalue weighted by atomic mass is 28.5. The lowest BCUT2D eigenvalue weighted by Gasteiger charge is -2.33. The fourth-order valence-electron chi connectivity index (χ4n) is 1.66. The maximum atomic E-state index is 6.23. The predicted molar refractivity (Wildman–Crippen MR) is 88.0 cm³/mol. The highest BCUT2D eigenvalue weighted by Crippen LogP contribution is 2.22. The van der Waals surface area contributed by atoms with Crippen LogP contribution < -0.4 is 4.43 Å². The lowest BCUT2D eigenvalue weighted by molar-refractivity contribution is 0.237. The number of hydrogen-bond donors (Lipinski definition) is 0. The van der Waals surface area contributed by atoms with E-state index in [9.17, 15) is 0 Å². The van der Waals surface area contributed by atoms with Gasteiger partial charge in [-0.3, -0.25) is 0 Å². The zero-order valence-electron chi connectivity index (χ0n) is 12.6. The smallest absolute Gasteiger partial charge is 0.413 e. The number of para-hydroxylation sites is 1. The van der Waals surface area contributed by atoms with E-state index >= 15 is 0 Å². The van der Waals surface area contributed by atoms with Gasteiger partial charge < -0.3 is 13.0 Å². The van der Waals surface area contributed by atoms with Gasteiger partial charge in [-0.05, 0) is 37.3 Å². The fourth-order valence-corrected chi connectivity index (χ4v) is 7.37. The molecule has 0 amide bonds. The van der Waals surface area contributed by atoms with Crippen LogP contribution in [0.5, 0.6) is 5.75 Å². The highest BCUT2D eigenvalue weighted by Gasteiger charge is 2.41. The van der Waals surface area contributed by atoms with E-state index < -0.39 is 17.1 Å². The van der Waals surface area contributed by atoms with Crippen LogP contribution in [0.3, 0.4) is 0 Å². The van der Waals surface area contributed by atoms with E-state index in [1.165, 1.54) is 0 Å². The molecule has 1 aromatic carbocycles. The van der Waals surface area contributed by atoms with Crippen molar-refractivity contribution in [1.82, 2.24) is 0 Å². The molecule has 0 N–H and O–H groups in total. The number of benzene rings is 1. The van der Waals surface area contributed by atoms with Gasteiger partial charge in [-0.1, -0.05) is 30.8 Å². The molecule has 3 nitrogen and oxygen atoms in total. The van der Waals surface area contributed by atoms with Crippen molar-refractivity contribution < 1.29 is 13.0 Å². The Balaban J connectivity index is 2.82. The third-order valence-corrected chi connectivity index (χ3v) is 8.95. The molecule has 0 aliphatic heterocycles. The van der Waals surface area contributed by atoms with Crippen LogP contribution in [0.15, 0.2) is 54.9 Å². The minimum Gasteiger partial charge on any atom is -0.518 e. The van der Waals surface area contributed by atoms with Crippen molar-refractivity contribution in [1.29, 1.82) is 0 Å².